The maximum Gasteiger partial charge on any atom is 0.244 e. The number of fused-ring (bicyclic) bond motifs is 1. The second-order valence-corrected chi connectivity index (χ2v) is 9.62. The Bertz CT molecular complexity index is 1440. The summed E-state index contributed by atoms with van der Waals surface area (Å²) in [4.78, 5) is 13.5. The van der Waals surface area contributed by atoms with E-state index in [0.29, 0.717) is 22.4 Å². The molecule has 4 rings (SSSR count). The molecule has 0 aliphatic heterocycles. The van der Waals surface area contributed by atoms with Crippen LogP contribution in [-0.4, -0.2) is 34.8 Å². The number of nitrogens with zero attached hydrogens (tertiary/aromatic N) is 1. The normalized spacial score (nSPS) is 14.8. The van der Waals surface area contributed by atoms with Gasteiger partial charge < -0.3 is 9.84 Å². The lowest BCUT2D eigenvalue weighted by Gasteiger charge is -2.06. The van der Waals surface area contributed by atoms with Crippen LogP contribution in [0, 0.1) is 5.82 Å². The first-order valence-corrected chi connectivity index (χ1v) is 12.7. The highest BCUT2D eigenvalue weighted by molar-refractivity contribution is 7.84. The molecule has 36 heavy (non-hydrogen) atoms. The van der Waals surface area contributed by atoms with Crippen molar-refractivity contribution in [2.45, 2.75) is 18.2 Å². The van der Waals surface area contributed by atoms with Crippen molar-refractivity contribution in [2.75, 3.05) is 13.4 Å². The van der Waals surface area contributed by atoms with Crippen LogP contribution >= 0.6 is 0 Å². The number of hydrogen-bond acceptors (Lipinski definition) is 5. The van der Waals surface area contributed by atoms with Crippen LogP contribution in [0.4, 0.5) is 4.39 Å². The lowest BCUT2D eigenvalue weighted by atomic mass is 10.0. The molecule has 1 aliphatic rings. The van der Waals surface area contributed by atoms with E-state index in [1.807, 2.05) is 37.3 Å². The second-order valence-electron chi connectivity index (χ2n) is 8.24. The standard InChI is InChI=1S/C28H25FN2O4S/c1-17-23(13-18-7-10-21(11-8-18)36(3)34)22-12-9-20(29)14-25(22)24(17)15-27(32)31-30-16-19-5-4-6-26(35-2)28(19)33/h4-14,16,33H,15H2,1-3H3,(H,31,32)/b23-13-,30-16-. The highest BCUT2D eigenvalue weighted by Gasteiger charge is 2.25. The average molecular weight is 505 g/mol. The first-order valence-electron chi connectivity index (χ1n) is 11.1. The maximum atomic E-state index is 14.1. The van der Waals surface area contributed by atoms with E-state index >= 15 is 0 Å². The molecule has 0 bridgehead atoms. The molecular weight excluding hydrogens is 479 g/mol. The van der Waals surface area contributed by atoms with Crippen molar-refractivity contribution in [2.24, 2.45) is 5.10 Å². The van der Waals surface area contributed by atoms with Crippen LogP contribution in [0.15, 0.2) is 76.2 Å². The molecule has 184 valence electrons. The summed E-state index contributed by atoms with van der Waals surface area (Å²) in [5.41, 5.74) is 7.73. The molecule has 8 heteroatoms. The third-order valence-electron chi connectivity index (χ3n) is 5.96. The molecule has 1 unspecified atom stereocenters. The van der Waals surface area contributed by atoms with E-state index in [1.54, 1.807) is 30.5 Å². The number of amides is 1. The van der Waals surface area contributed by atoms with Gasteiger partial charge in [-0.1, -0.05) is 24.3 Å². The number of para-hydroxylation sites is 1. The zero-order valence-electron chi connectivity index (χ0n) is 20.0. The Kier molecular flexibility index (Phi) is 7.45. The zero-order valence-corrected chi connectivity index (χ0v) is 20.9. The summed E-state index contributed by atoms with van der Waals surface area (Å²) >= 11 is 0. The van der Waals surface area contributed by atoms with E-state index in [0.717, 1.165) is 27.2 Å². The van der Waals surface area contributed by atoms with Crippen molar-refractivity contribution in [3.8, 4) is 11.5 Å². The fourth-order valence-electron chi connectivity index (χ4n) is 4.09. The largest absolute Gasteiger partial charge is 0.504 e. The van der Waals surface area contributed by atoms with Crippen molar-refractivity contribution >= 4 is 40.1 Å². The summed E-state index contributed by atoms with van der Waals surface area (Å²) in [5.74, 6) is -0.548. The van der Waals surface area contributed by atoms with Crippen LogP contribution in [0.25, 0.3) is 17.2 Å². The molecular formula is C28H25FN2O4S. The molecule has 0 aromatic heterocycles. The van der Waals surface area contributed by atoms with Gasteiger partial charge in [0.2, 0.25) is 5.91 Å². The lowest BCUT2D eigenvalue weighted by Crippen LogP contribution is -2.17. The monoisotopic (exact) mass is 504 g/mol. The van der Waals surface area contributed by atoms with Gasteiger partial charge in [0.1, 0.15) is 5.82 Å². The highest BCUT2D eigenvalue weighted by atomic mass is 32.2. The molecule has 0 heterocycles. The van der Waals surface area contributed by atoms with E-state index in [9.17, 15) is 18.5 Å². The fourth-order valence-corrected chi connectivity index (χ4v) is 4.61. The second kappa shape index (κ2) is 10.7. The number of halogens is 1. The summed E-state index contributed by atoms with van der Waals surface area (Å²) in [6.07, 6.45) is 4.93. The number of phenols is 1. The Morgan fingerprint density at radius 3 is 2.58 bits per heavy atom. The van der Waals surface area contributed by atoms with Gasteiger partial charge in [0.15, 0.2) is 11.5 Å². The summed E-state index contributed by atoms with van der Waals surface area (Å²) in [5, 5.41) is 14.1. The van der Waals surface area contributed by atoms with Crippen molar-refractivity contribution in [3.63, 3.8) is 0 Å². The first-order chi connectivity index (χ1) is 17.3. The minimum atomic E-state index is -1.07. The van der Waals surface area contributed by atoms with Crippen LogP contribution in [0.3, 0.4) is 0 Å². The van der Waals surface area contributed by atoms with E-state index in [-0.39, 0.29) is 23.9 Å². The van der Waals surface area contributed by atoms with Crippen LogP contribution in [-0.2, 0) is 15.6 Å². The van der Waals surface area contributed by atoms with Crippen LogP contribution in [0.5, 0.6) is 11.5 Å². The summed E-state index contributed by atoms with van der Waals surface area (Å²) in [7, 11) is 0.380. The van der Waals surface area contributed by atoms with E-state index in [4.69, 9.17) is 4.74 Å². The number of nitrogens with one attached hydrogen (secondary N) is 1. The molecule has 3 aromatic carbocycles. The van der Waals surface area contributed by atoms with Gasteiger partial charge in [0.25, 0.3) is 0 Å². The Hall–Kier alpha value is -4.04. The van der Waals surface area contributed by atoms with Crippen LogP contribution in [0.1, 0.15) is 35.6 Å². The number of benzene rings is 3. The van der Waals surface area contributed by atoms with Crippen molar-refractivity contribution in [3.05, 3.63) is 94.3 Å². The number of rotatable bonds is 7. The molecule has 0 saturated carbocycles. The predicted octanol–water partition coefficient (Wildman–Crippen LogP) is 5.15. The van der Waals surface area contributed by atoms with Crippen molar-refractivity contribution in [1.29, 1.82) is 0 Å². The molecule has 3 aromatic rings. The number of carbonyl (C=O) groups is 1. The van der Waals surface area contributed by atoms with Crippen molar-refractivity contribution in [1.82, 2.24) is 5.43 Å². The van der Waals surface area contributed by atoms with Gasteiger partial charge in [0, 0.05) is 27.5 Å². The first kappa shape index (κ1) is 25.1. The number of allylic oxidation sites excluding steroid dienone is 2. The van der Waals surface area contributed by atoms with Crippen LogP contribution in [0.2, 0.25) is 0 Å². The number of methoxy groups -OCH3 is 1. The van der Waals surface area contributed by atoms with E-state index in [1.165, 1.54) is 25.5 Å². The zero-order chi connectivity index (χ0) is 25.8. The molecule has 1 amide bonds. The third-order valence-corrected chi connectivity index (χ3v) is 6.89. The van der Waals surface area contributed by atoms with Gasteiger partial charge >= 0.3 is 0 Å². The number of ether oxygens (including phenoxy) is 1. The minimum Gasteiger partial charge on any atom is -0.504 e. The molecule has 1 aliphatic carbocycles. The summed E-state index contributed by atoms with van der Waals surface area (Å²) in [6.45, 7) is 1.90. The molecule has 0 spiro atoms. The van der Waals surface area contributed by atoms with E-state index < -0.39 is 10.8 Å². The maximum absolute atomic E-state index is 14.1. The Morgan fingerprint density at radius 1 is 1.14 bits per heavy atom. The Labute approximate surface area is 211 Å². The molecule has 6 nitrogen and oxygen atoms in total. The topological polar surface area (TPSA) is 88.0 Å². The molecule has 0 radical (unpaired) electrons. The molecule has 2 N–H and O–H groups in total. The van der Waals surface area contributed by atoms with E-state index in [2.05, 4.69) is 10.5 Å². The fraction of sp³-hybridized carbons (Fsp3) is 0.143. The van der Waals surface area contributed by atoms with Gasteiger partial charge in [-0.05, 0) is 82.8 Å². The quantitative estimate of drug-likeness (QED) is 0.344. The smallest absolute Gasteiger partial charge is 0.244 e. The molecule has 0 saturated heterocycles. The molecule has 0 fully saturated rings. The Balaban J connectivity index is 1.58. The predicted molar refractivity (Wildman–Crippen MR) is 141 cm³/mol. The van der Waals surface area contributed by atoms with Gasteiger partial charge in [-0.25, -0.2) is 9.82 Å². The number of carbonyl (C=O) groups excluding carboxylic acids is 1. The third kappa shape index (κ3) is 5.28. The number of phenolic OH excluding ortho intramolecular Hbond substituents is 1. The van der Waals surface area contributed by atoms with Gasteiger partial charge in [0.05, 0.1) is 19.7 Å². The summed E-state index contributed by atoms with van der Waals surface area (Å²) < 4.78 is 30.9. The number of aromatic hydroxyl groups is 1. The highest BCUT2D eigenvalue weighted by Crippen LogP contribution is 2.43. The minimum absolute atomic E-state index is 0.00514. The number of hydrogen-bond donors (Lipinski definition) is 2. The van der Waals surface area contributed by atoms with Crippen molar-refractivity contribution < 1.29 is 23.2 Å². The van der Waals surface area contributed by atoms with Gasteiger partial charge in [-0.15, -0.1) is 0 Å². The molecule has 1 atom stereocenters. The average Bonchev–Trinajstić information content (AvgIpc) is 3.10. The Morgan fingerprint density at radius 2 is 1.89 bits per heavy atom. The SMILES string of the molecule is COc1cccc(/C=N\NC(=O)CC2=C(C)/C(=C/c3ccc(S(C)=O)cc3)c3ccc(F)cc32)c1O. The summed E-state index contributed by atoms with van der Waals surface area (Å²) in [6, 6.07) is 16.9. The van der Waals surface area contributed by atoms with Gasteiger partial charge in [-0.3, -0.25) is 9.00 Å². The van der Waals surface area contributed by atoms with Gasteiger partial charge in [-0.2, -0.15) is 5.10 Å². The lowest BCUT2D eigenvalue weighted by molar-refractivity contribution is -0.120. The van der Waals surface area contributed by atoms with Crippen LogP contribution < -0.4 is 10.2 Å². The number of hydrazone groups is 1.